The topological polar surface area (TPSA) is 75.4 Å². The first kappa shape index (κ1) is 23.7. The number of rotatable bonds is 6. The van der Waals surface area contributed by atoms with Crippen molar-refractivity contribution >= 4 is 22.9 Å². The Labute approximate surface area is 209 Å². The van der Waals surface area contributed by atoms with Crippen LogP contribution in [-0.2, 0) is 11.3 Å². The van der Waals surface area contributed by atoms with Crippen molar-refractivity contribution in [3.8, 4) is 11.5 Å². The van der Waals surface area contributed by atoms with Gasteiger partial charge in [-0.05, 0) is 66.8 Å². The Balaban J connectivity index is 1.17. The molecule has 0 spiro atoms. The molecule has 0 saturated carbocycles. The van der Waals surface area contributed by atoms with Crippen molar-refractivity contribution in [2.45, 2.75) is 26.3 Å². The molecular formula is C29H28FN3O3. The lowest BCUT2D eigenvalue weighted by Crippen LogP contribution is -2.42. The van der Waals surface area contributed by atoms with Gasteiger partial charge in [-0.2, -0.15) is 0 Å². The average Bonchev–Trinajstić information content (AvgIpc) is 3.35. The fraction of sp³-hybridized carbons (Fsp3) is 0.276. The van der Waals surface area contributed by atoms with Gasteiger partial charge in [0.05, 0.1) is 0 Å². The van der Waals surface area contributed by atoms with Crippen molar-refractivity contribution in [2.24, 2.45) is 11.8 Å². The third kappa shape index (κ3) is 5.15. The zero-order valence-electron chi connectivity index (χ0n) is 20.1. The van der Waals surface area contributed by atoms with Crippen molar-refractivity contribution < 1.29 is 18.4 Å². The van der Waals surface area contributed by atoms with Gasteiger partial charge in [0.25, 0.3) is 5.91 Å². The molecule has 1 atom stereocenters. The van der Waals surface area contributed by atoms with E-state index in [0.717, 1.165) is 24.0 Å². The monoisotopic (exact) mass is 485 g/mol. The van der Waals surface area contributed by atoms with E-state index < -0.39 is 0 Å². The van der Waals surface area contributed by atoms with Crippen LogP contribution in [0.15, 0.2) is 77.2 Å². The lowest BCUT2D eigenvalue weighted by atomic mass is 9.84. The van der Waals surface area contributed by atoms with Gasteiger partial charge in [0.15, 0.2) is 5.58 Å². The van der Waals surface area contributed by atoms with Crippen LogP contribution in [0.4, 0.5) is 4.39 Å². The van der Waals surface area contributed by atoms with Gasteiger partial charge in [-0.3, -0.25) is 9.59 Å². The number of piperidine rings is 1. The second kappa shape index (κ2) is 10.3. The molecule has 0 bridgehead atoms. The van der Waals surface area contributed by atoms with Gasteiger partial charge in [0.2, 0.25) is 11.8 Å². The third-order valence-electron chi connectivity index (χ3n) is 6.96. The lowest BCUT2D eigenvalue weighted by molar-refractivity contribution is -0.126. The molecule has 2 heterocycles. The minimum Gasteiger partial charge on any atom is -0.436 e. The number of carbonyl (C=O) groups excluding carboxylic acids is 2. The average molecular weight is 486 g/mol. The molecule has 5 rings (SSSR count). The maximum absolute atomic E-state index is 13.4. The highest BCUT2D eigenvalue weighted by Gasteiger charge is 2.30. The molecule has 36 heavy (non-hydrogen) atoms. The predicted molar refractivity (Wildman–Crippen MR) is 135 cm³/mol. The Bertz CT molecular complexity index is 1380. The maximum Gasteiger partial charge on any atom is 0.253 e. The van der Waals surface area contributed by atoms with E-state index in [0.29, 0.717) is 42.2 Å². The van der Waals surface area contributed by atoms with Gasteiger partial charge in [-0.15, -0.1) is 0 Å². The molecule has 0 radical (unpaired) electrons. The number of hydrogen-bond donors (Lipinski definition) is 1. The Kier molecular flexibility index (Phi) is 6.80. The highest BCUT2D eigenvalue weighted by Crippen LogP contribution is 2.28. The summed E-state index contributed by atoms with van der Waals surface area (Å²) < 4.78 is 19.2. The largest absolute Gasteiger partial charge is 0.436 e. The van der Waals surface area contributed by atoms with E-state index in [1.165, 1.54) is 12.1 Å². The second-order valence-electron chi connectivity index (χ2n) is 9.33. The summed E-state index contributed by atoms with van der Waals surface area (Å²) in [6, 6.07) is 21.2. The standard InChI is InChI=1S/C29H28FN3O3/c1-19(27(34)31-18-20-6-5-9-24(30)16-20)21-12-14-33(15-13-21)29(35)23-10-11-26-25(17-23)32-28(36-26)22-7-3-2-4-8-22/h2-11,16-17,19,21H,12-15,18H2,1H3,(H,31,34)/t19-/m1/s1. The first-order chi connectivity index (χ1) is 17.5. The van der Waals surface area contributed by atoms with Crippen molar-refractivity contribution in [3.05, 3.63) is 89.7 Å². The molecule has 2 amide bonds. The second-order valence-corrected chi connectivity index (χ2v) is 9.33. The summed E-state index contributed by atoms with van der Waals surface area (Å²) in [6.45, 7) is 3.41. The van der Waals surface area contributed by atoms with E-state index >= 15 is 0 Å². The summed E-state index contributed by atoms with van der Waals surface area (Å²) in [7, 11) is 0. The van der Waals surface area contributed by atoms with Crippen molar-refractivity contribution in [2.75, 3.05) is 13.1 Å². The molecule has 4 aromatic rings. The quantitative estimate of drug-likeness (QED) is 0.395. The summed E-state index contributed by atoms with van der Waals surface area (Å²) >= 11 is 0. The van der Waals surface area contributed by atoms with Gasteiger partial charge >= 0.3 is 0 Å². The zero-order chi connectivity index (χ0) is 25.1. The Morgan fingerprint density at radius 1 is 1.06 bits per heavy atom. The summed E-state index contributed by atoms with van der Waals surface area (Å²) in [5.74, 6) is 0.135. The zero-order valence-corrected chi connectivity index (χ0v) is 20.1. The summed E-state index contributed by atoms with van der Waals surface area (Å²) in [6.07, 6.45) is 1.51. The fourth-order valence-electron chi connectivity index (χ4n) is 4.76. The van der Waals surface area contributed by atoms with Crippen LogP contribution in [0.5, 0.6) is 0 Å². The number of carbonyl (C=O) groups is 2. The van der Waals surface area contributed by atoms with E-state index in [9.17, 15) is 14.0 Å². The van der Waals surface area contributed by atoms with Crippen LogP contribution in [0.1, 0.15) is 35.7 Å². The predicted octanol–water partition coefficient (Wildman–Crippen LogP) is 5.44. The molecule has 7 heteroatoms. The number of benzene rings is 3. The van der Waals surface area contributed by atoms with Gasteiger partial charge in [0, 0.05) is 36.7 Å². The number of halogens is 1. The molecule has 1 N–H and O–H groups in total. The third-order valence-corrected chi connectivity index (χ3v) is 6.96. The highest BCUT2D eigenvalue weighted by atomic mass is 19.1. The summed E-state index contributed by atoms with van der Waals surface area (Å²) in [5.41, 5.74) is 3.49. The first-order valence-electron chi connectivity index (χ1n) is 12.3. The van der Waals surface area contributed by atoms with Crippen LogP contribution in [0.3, 0.4) is 0 Å². The number of oxazole rings is 1. The van der Waals surface area contributed by atoms with E-state index in [4.69, 9.17) is 4.42 Å². The molecule has 1 aromatic heterocycles. The van der Waals surface area contributed by atoms with E-state index in [-0.39, 0.29) is 29.5 Å². The number of nitrogens with zero attached hydrogens (tertiary/aromatic N) is 2. The molecular weight excluding hydrogens is 457 g/mol. The van der Waals surface area contributed by atoms with Gasteiger partial charge in [-0.1, -0.05) is 37.3 Å². The number of amides is 2. The molecule has 1 saturated heterocycles. The van der Waals surface area contributed by atoms with E-state index in [2.05, 4.69) is 10.3 Å². The van der Waals surface area contributed by atoms with E-state index in [1.54, 1.807) is 30.3 Å². The van der Waals surface area contributed by atoms with Crippen LogP contribution >= 0.6 is 0 Å². The highest BCUT2D eigenvalue weighted by molar-refractivity contribution is 5.97. The van der Waals surface area contributed by atoms with Gasteiger partial charge < -0.3 is 14.6 Å². The molecule has 3 aromatic carbocycles. The Morgan fingerprint density at radius 3 is 2.58 bits per heavy atom. The first-order valence-corrected chi connectivity index (χ1v) is 12.3. The lowest BCUT2D eigenvalue weighted by Gasteiger charge is -2.34. The number of hydrogen-bond acceptors (Lipinski definition) is 4. The summed E-state index contributed by atoms with van der Waals surface area (Å²) in [4.78, 5) is 32.2. The molecule has 1 aliphatic heterocycles. The minimum atomic E-state index is -0.314. The minimum absolute atomic E-state index is 0.0391. The summed E-state index contributed by atoms with van der Waals surface area (Å²) in [5, 5.41) is 2.91. The van der Waals surface area contributed by atoms with Crippen molar-refractivity contribution in [1.29, 1.82) is 0 Å². The Hall–Kier alpha value is -4.00. The SMILES string of the molecule is C[C@@H](C(=O)NCc1cccc(F)c1)C1CCN(C(=O)c2ccc3oc(-c4ccccc4)nc3c2)CC1. The number of nitrogens with one attached hydrogen (secondary N) is 1. The molecule has 0 aliphatic carbocycles. The van der Waals surface area contributed by atoms with Crippen LogP contribution in [0.25, 0.3) is 22.6 Å². The normalized spacial score (nSPS) is 15.1. The van der Waals surface area contributed by atoms with Crippen LogP contribution in [-0.4, -0.2) is 34.8 Å². The van der Waals surface area contributed by atoms with Gasteiger partial charge in [0.1, 0.15) is 11.3 Å². The molecule has 1 fully saturated rings. The number of aromatic nitrogens is 1. The fourth-order valence-corrected chi connectivity index (χ4v) is 4.76. The van der Waals surface area contributed by atoms with Crippen LogP contribution in [0, 0.1) is 17.7 Å². The Morgan fingerprint density at radius 2 is 1.83 bits per heavy atom. The smallest absolute Gasteiger partial charge is 0.253 e. The number of fused-ring (bicyclic) bond motifs is 1. The van der Waals surface area contributed by atoms with Crippen LogP contribution in [0.2, 0.25) is 0 Å². The molecule has 6 nitrogen and oxygen atoms in total. The molecule has 184 valence electrons. The molecule has 1 aliphatic rings. The maximum atomic E-state index is 13.4. The number of likely N-dealkylation sites (tertiary alicyclic amines) is 1. The van der Waals surface area contributed by atoms with Crippen molar-refractivity contribution in [3.63, 3.8) is 0 Å². The van der Waals surface area contributed by atoms with Crippen molar-refractivity contribution in [1.82, 2.24) is 15.2 Å². The van der Waals surface area contributed by atoms with Crippen LogP contribution < -0.4 is 5.32 Å². The van der Waals surface area contributed by atoms with Gasteiger partial charge in [-0.25, -0.2) is 9.37 Å². The van der Waals surface area contributed by atoms with E-state index in [1.807, 2.05) is 42.2 Å². The molecule has 0 unspecified atom stereocenters.